The average Bonchev–Trinajstić information content (AvgIpc) is 2.42. The molecule has 100 valence electrons. The first-order valence-corrected chi connectivity index (χ1v) is 6.89. The molecule has 2 rings (SSSR count). The van der Waals surface area contributed by atoms with Gasteiger partial charge in [0.15, 0.2) is 0 Å². The topological polar surface area (TPSA) is 38.5 Å². The van der Waals surface area contributed by atoms with Gasteiger partial charge < -0.3 is 10.5 Å². The number of nitrogens with two attached hydrogens (primary N) is 1. The van der Waals surface area contributed by atoms with Gasteiger partial charge in [0.25, 0.3) is 0 Å². The van der Waals surface area contributed by atoms with Gasteiger partial charge in [-0.1, -0.05) is 30.3 Å². The van der Waals surface area contributed by atoms with E-state index >= 15 is 0 Å². The van der Waals surface area contributed by atoms with Crippen LogP contribution in [0.1, 0.15) is 31.4 Å². The van der Waals surface area contributed by atoms with Crippen LogP contribution in [0.15, 0.2) is 30.3 Å². The Morgan fingerprint density at radius 2 is 2.17 bits per heavy atom. The lowest BCUT2D eigenvalue weighted by atomic mass is 10.0. The Kier molecular flexibility index (Phi) is 5.17. The van der Waals surface area contributed by atoms with E-state index in [0.717, 1.165) is 39.1 Å². The number of ether oxygens (including phenoxy) is 1. The van der Waals surface area contributed by atoms with Crippen molar-refractivity contribution in [3.8, 4) is 0 Å². The lowest BCUT2D eigenvalue weighted by molar-refractivity contribution is -0.00104. The highest BCUT2D eigenvalue weighted by molar-refractivity contribution is 5.18. The minimum Gasteiger partial charge on any atom is -0.379 e. The summed E-state index contributed by atoms with van der Waals surface area (Å²) in [6.07, 6.45) is 2.20. The van der Waals surface area contributed by atoms with Gasteiger partial charge in [-0.25, -0.2) is 0 Å². The Hall–Kier alpha value is -0.900. The summed E-state index contributed by atoms with van der Waals surface area (Å²) in [6.45, 7) is 6.16. The van der Waals surface area contributed by atoms with E-state index in [9.17, 15) is 0 Å². The largest absolute Gasteiger partial charge is 0.379 e. The summed E-state index contributed by atoms with van der Waals surface area (Å²) in [4.78, 5) is 2.50. The third-order valence-electron chi connectivity index (χ3n) is 3.69. The molecule has 2 unspecified atom stereocenters. The van der Waals surface area contributed by atoms with Crippen molar-refractivity contribution in [3.63, 3.8) is 0 Å². The van der Waals surface area contributed by atoms with Gasteiger partial charge in [-0.2, -0.15) is 0 Å². The maximum atomic E-state index is 6.20. The lowest BCUT2D eigenvalue weighted by Crippen LogP contribution is -2.44. The van der Waals surface area contributed by atoms with E-state index in [1.165, 1.54) is 5.56 Å². The van der Waals surface area contributed by atoms with Crippen molar-refractivity contribution in [3.05, 3.63) is 35.9 Å². The van der Waals surface area contributed by atoms with Crippen LogP contribution in [-0.2, 0) is 4.74 Å². The normalized spacial score (nSPS) is 22.9. The Labute approximate surface area is 110 Å². The third kappa shape index (κ3) is 3.80. The third-order valence-corrected chi connectivity index (χ3v) is 3.69. The predicted octanol–water partition coefficient (Wildman–Crippen LogP) is 2.19. The second-order valence-electron chi connectivity index (χ2n) is 5.12. The standard InChI is InChI=1S/C15H24N2O/c1-13-12-18-11-10-17(13)9-5-8-15(16)14-6-3-2-4-7-14/h2-4,6-7,13,15H,5,8-12,16H2,1H3. The molecule has 0 spiro atoms. The Bertz CT molecular complexity index is 342. The average molecular weight is 248 g/mol. The van der Waals surface area contributed by atoms with Gasteiger partial charge in [-0.3, -0.25) is 4.90 Å². The molecule has 0 amide bonds. The molecule has 1 aliphatic rings. The summed E-state index contributed by atoms with van der Waals surface area (Å²) in [5.41, 5.74) is 7.45. The van der Waals surface area contributed by atoms with Crippen LogP contribution in [0.5, 0.6) is 0 Å². The van der Waals surface area contributed by atoms with Gasteiger partial charge in [-0.05, 0) is 31.9 Å². The molecule has 1 fully saturated rings. The molecule has 3 heteroatoms. The van der Waals surface area contributed by atoms with Crippen molar-refractivity contribution in [1.82, 2.24) is 4.90 Å². The molecule has 1 saturated heterocycles. The zero-order valence-corrected chi connectivity index (χ0v) is 11.2. The van der Waals surface area contributed by atoms with E-state index in [1.54, 1.807) is 0 Å². The molecule has 0 saturated carbocycles. The summed E-state index contributed by atoms with van der Waals surface area (Å²) < 4.78 is 5.44. The Morgan fingerprint density at radius 3 is 2.89 bits per heavy atom. The van der Waals surface area contributed by atoms with Crippen LogP contribution >= 0.6 is 0 Å². The van der Waals surface area contributed by atoms with Gasteiger partial charge in [0.05, 0.1) is 13.2 Å². The maximum absolute atomic E-state index is 6.20. The fraction of sp³-hybridized carbons (Fsp3) is 0.600. The molecular weight excluding hydrogens is 224 g/mol. The highest BCUT2D eigenvalue weighted by atomic mass is 16.5. The predicted molar refractivity (Wildman–Crippen MR) is 74.5 cm³/mol. The van der Waals surface area contributed by atoms with Gasteiger partial charge in [-0.15, -0.1) is 0 Å². The van der Waals surface area contributed by atoms with E-state index in [-0.39, 0.29) is 6.04 Å². The SMILES string of the molecule is CC1COCCN1CCCC(N)c1ccccc1. The number of rotatable bonds is 5. The van der Waals surface area contributed by atoms with Crippen LogP contribution in [0.2, 0.25) is 0 Å². The van der Waals surface area contributed by atoms with Crippen molar-refractivity contribution in [2.24, 2.45) is 5.73 Å². The molecule has 18 heavy (non-hydrogen) atoms. The lowest BCUT2D eigenvalue weighted by Gasteiger charge is -2.33. The molecule has 1 heterocycles. The van der Waals surface area contributed by atoms with Gasteiger partial charge >= 0.3 is 0 Å². The van der Waals surface area contributed by atoms with E-state index in [4.69, 9.17) is 10.5 Å². The number of benzene rings is 1. The number of nitrogens with zero attached hydrogens (tertiary/aromatic N) is 1. The molecule has 1 aromatic carbocycles. The van der Waals surface area contributed by atoms with Gasteiger partial charge in [0, 0.05) is 18.6 Å². The molecule has 3 nitrogen and oxygen atoms in total. The highest BCUT2D eigenvalue weighted by Gasteiger charge is 2.18. The van der Waals surface area contributed by atoms with Crippen LogP contribution < -0.4 is 5.73 Å². The van der Waals surface area contributed by atoms with Gasteiger partial charge in [0.2, 0.25) is 0 Å². The van der Waals surface area contributed by atoms with Crippen molar-refractivity contribution in [2.75, 3.05) is 26.3 Å². The Balaban J connectivity index is 1.71. The van der Waals surface area contributed by atoms with Crippen LogP contribution in [-0.4, -0.2) is 37.2 Å². The van der Waals surface area contributed by atoms with Crippen molar-refractivity contribution in [1.29, 1.82) is 0 Å². The van der Waals surface area contributed by atoms with Crippen LogP contribution in [0.4, 0.5) is 0 Å². The zero-order valence-electron chi connectivity index (χ0n) is 11.2. The summed E-state index contributed by atoms with van der Waals surface area (Å²) in [5.74, 6) is 0. The molecule has 1 aliphatic heterocycles. The molecule has 2 N–H and O–H groups in total. The number of morpholine rings is 1. The summed E-state index contributed by atoms with van der Waals surface area (Å²) in [6, 6.07) is 11.1. The van der Waals surface area contributed by atoms with E-state index < -0.39 is 0 Å². The smallest absolute Gasteiger partial charge is 0.0619 e. The molecule has 2 atom stereocenters. The molecule has 0 bridgehead atoms. The first-order chi connectivity index (χ1) is 8.77. The minimum atomic E-state index is 0.169. The van der Waals surface area contributed by atoms with Crippen LogP contribution in [0.3, 0.4) is 0 Å². The number of hydrogen-bond acceptors (Lipinski definition) is 3. The van der Waals surface area contributed by atoms with Crippen LogP contribution in [0.25, 0.3) is 0 Å². The first-order valence-electron chi connectivity index (χ1n) is 6.89. The highest BCUT2D eigenvalue weighted by Crippen LogP contribution is 2.16. The fourth-order valence-corrected chi connectivity index (χ4v) is 2.47. The quantitative estimate of drug-likeness (QED) is 0.868. The zero-order chi connectivity index (χ0) is 12.8. The Morgan fingerprint density at radius 1 is 1.39 bits per heavy atom. The number of hydrogen-bond donors (Lipinski definition) is 1. The van der Waals surface area contributed by atoms with Crippen molar-refractivity contribution in [2.45, 2.75) is 31.8 Å². The maximum Gasteiger partial charge on any atom is 0.0619 e. The molecular formula is C15H24N2O. The first kappa shape index (κ1) is 13.5. The second kappa shape index (κ2) is 6.88. The van der Waals surface area contributed by atoms with E-state index in [1.807, 2.05) is 6.07 Å². The molecule has 0 radical (unpaired) electrons. The monoisotopic (exact) mass is 248 g/mol. The summed E-state index contributed by atoms with van der Waals surface area (Å²) >= 11 is 0. The molecule has 0 aliphatic carbocycles. The summed E-state index contributed by atoms with van der Waals surface area (Å²) in [7, 11) is 0. The minimum absolute atomic E-state index is 0.169. The summed E-state index contributed by atoms with van der Waals surface area (Å²) in [5, 5.41) is 0. The van der Waals surface area contributed by atoms with Crippen LogP contribution in [0, 0.1) is 0 Å². The van der Waals surface area contributed by atoms with Crippen molar-refractivity contribution < 1.29 is 4.74 Å². The second-order valence-corrected chi connectivity index (χ2v) is 5.12. The molecule has 0 aromatic heterocycles. The van der Waals surface area contributed by atoms with E-state index in [0.29, 0.717) is 6.04 Å². The van der Waals surface area contributed by atoms with Gasteiger partial charge in [0.1, 0.15) is 0 Å². The van der Waals surface area contributed by atoms with Crippen molar-refractivity contribution >= 4 is 0 Å². The van der Waals surface area contributed by atoms with E-state index in [2.05, 4.69) is 36.1 Å². The molecule has 1 aromatic rings. The fourth-order valence-electron chi connectivity index (χ4n) is 2.47.